The third-order valence-electron chi connectivity index (χ3n) is 4.12. The molecule has 2 fully saturated rings. The first-order chi connectivity index (χ1) is 11.6. The van der Waals surface area contributed by atoms with Gasteiger partial charge in [0.15, 0.2) is 6.29 Å². The lowest BCUT2D eigenvalue weighted by molar-refractivity contribution is -0.162. The van der Waals surface area contributed by atoms with Crippen LogP contribution in [0.25, 0.3) is 6.08 Å². The SMILES string of the molecule is O=c1[nH]c(=O)n([C@H]2C[C@H](OC3CCCO3)[C@@H](CO)O2)cc1C=CBr. The maximum Gasteiger partial charge on any atom is 0.330 e. The van der Waals surface area contributed by atoms with Crippen molar-refractivity contribution in [3.8, 4) is 0 Å². The molecule has 4 atom stereocenters. The van der Waals surface area contributed by atoms with Crippen molar-refractivity contribution in [2.24, 2.45) is 0 Å². The van der Waals surface area contributed by atoms with E-state index >= 15 is 0 Å². The Morgan fingerprint density at radius 3 is 3.00 bits per heavy atom. The number of hydrogen-bond donors (Lipinski definition) is 2. The van der Waals surface area contributed by atoms with Gasteiger partial charge in [-0.05, 0) is 17.5 Å². The number of halogens is 1. The zero-order valence-electron chi connectivity index (χ0n) is 12.9. The van der Waals surface area contributed by atoms with E-state index in [9.17, 15) is 14.7 Å². The molecule has 132 valence electrons. The summed E-state index contributed by atoms with van der Waals surface area (Å²) >= 11 is 3.11. The largest absolute Gasteiger partial charge is 0.394 e. The molecule has 1 aromatic heterocycles. The molecule has 2 N–H and O–H groups in total. The Morgan fingerprint density at radius 1 is 1.50 bits per heavy atom. The van der Waals surface area contributed by atoms with Crippen molar-refractivity contribution in [1.82, 2.24) is 9.55 Å². The van der Waals surface area contributed by atoms with Crippen molar-refractivity contribution in [2.75, 3.05) is 13.2 Å². The van der Waals surface area contributed by atoms with Crippen LogP contribution < -0.4 is 11.2 Å². The topological polar surface area (TPSA) is 103 Å². The van der Waals surface area contributed by atoms with E-state index < -0.39 is 23.6 Å². The molecule has 1 aromatic rings. The third-order valence-corrected chi connectivity index (χ3v) is 4.39. The van der Waals surface area contributed by atoms with E-state index in [4.69, 9.17) is 14.2 Å². The van der Waals surface area contributed by atoms with Gasteiger partial charge in [0.1, 0.15) is 12.3 Å². The minimum atomic E-state index is -0.625. The van der Waals surface area contributed by atoms with Crippen LogP contribution in [0.5, 0.6) is 0 Å². The molecule has 3 heterocycles. The fourth-order valence-corrected chi connectivity index (χ4v) is 3.21. The maximum atomic E-state index is 12.1. The number of hydrogen-bond acceptors (Lipinski definition) is 6. The van der Waals surface area contributed by atoms with Crippen LogP contribution in [0, 0.1) is 0 Å². The van der Waals surface area contributed by atoms with Gasteiger partial charge in [0.2, 0.25) is 0 Å². The molecule has 0 amide bonds. The summed E-state index contributed by atoms with van der Waals surface area (Å²) in [6.07, 6.45) is 3.25. The van der Waals surface area contributed by atoms with Crippen LogP contribution in [-0.4, -0.2) is 46.4 Å². The minimum Gasteiger partial charge on any atom is -0.394 e. The predicted octanol–water partition coefficient (Wildman–Crippen LogP) is 0.704. The molecule has 0 bridgehead atoms. The van der Waals surface area contributed by atoms with E-state index in [2.05, 4.69) is 20.9 Å². The van der Waals surface area contributed by atoms with Gasteiger partial charge >= 0.3 is 5.69 Å². The van der Waals surface area contributed by atoms with Gasteiger partial charge in [0.05, 0.1) is 18.3 Å². The average molecular weight is 403 g/mol. The van der Waals surface area contributed by atoms with Crippen molar-refractivity contribution >= 4 is 22.0 Å². The summed E-state index contributed by atoms with van der Waals surface area (Å²) in [6.45, 7) is 0.438. The van der Waals surface area contributed by atoms with Crippen LogP contribution >= 0.6 is 15.9 Å². The summed E-state index contributed by atoms with van der Waals surface area (Å²) < 4.78 is 18.4. The van der Waals surface area contributed by atoms with Gasteiger partial charge in [-0.25, -0.2) is 4.79 Å². The molecule has 9 heteroatoms. The fourth-order valence-electron chi connectivity index (χ4n) is 2.93. The molecule has 0 spiro atoms. The van der Waals surface area contributed by atoms with E-state index in [1.165, 1.54) is 21.8 Å². The molecule has 0 aromatic carbocycles. The van der Waals surface area contributed by atoms with Gasteiger partial charge in [-0.15, -0.1) is 0 Å². The predicted molar refractivity (Wildman–Crippen MR) is 88.7 cm³/mol. The van der Waals surface area contributed by atoms with Crippen molar-refractivity contribution in [3.63, 3.8) is 0 Å². The molecule has 2 saturated heterocycles. The zero-order chi connectivity index (χ0) is 17.1. The van der Waals surface area contributed by atoms with Gasteiger partial charge in [-0.2, -0.15) is 0 Å². The minimum absolute atomic E-state index is 0.222. The summed E-state index contributed by atoms with van der Waals surface area (Å²) in [5.74, 6) is 0. The standard InChI is InChI=1S/C15H19BrN2O6/c16-4-3-9-7-18(15(21)17-14(9)20)12-6-10(11(8-19)23-12)24-13-2-1-5-22-13/h3-4,7,10-13,19H,1-2,5-6,8H2,(H,17,20,21)/t10-,11+,12+,13?/m0/s1. The van der Waals surface area contributed by atoms with Crippen LogP contribution in [0.3, 0.4) is 0 Å². The number of aromatic amines is 1. The first-order valence-electron chi connectivity index (χ1n) is 7.78. The van der Waals surface area contributed by atoms with Crippen LogP contribution in [0.2, 0.25) is 0 Å². The number of ether oxygens (including phenoxy) is 3. The van der Waals surface area contributed by atoms with Crippen molar-refractivity contribution in [1.29, 1.82) is 0 Å². The zero-order valence-corrected chi connectivity index (χ0v) is 14.5. The summed E-state index contributed by atoms with van der Waals surface area (Å²) in [5, 5.41) is 9.52. The Kier molecular flexibility index (Phi) is 5.67. The molecule has 8 nitrogen and oxygen atoms in total. The van der Waals surface area contributed by atoms with Crippen molar-refractivity contribution in [2.45, 2.75) is 44.0 Å². The van der Waals surface area contributed by atoms with E-state index in [0.717, 1.165) is 12.8 Å². The molecule has 0 aliphatic carbocycles. The molecule has 24 heavy (non-hydrogen) atoms. The molecule has 0 radical (unpaired) electrons. The normalized spacial score (nSPS) is 30.4. The van der Waals surface area contributed by atoms with Gasteiger partial charge in [-0.3, -0.25) is 14.3 Å². The lowest BCUT2D eigenvalue weighted by Crippen LogP contribution is -2.33. The smallest absolute Gasteiger partial charge is 0.330 e. The van der Waals surface area contributed by atoms with E-state index in [0.29, 0.717) is 18.6 Å². The van der Waals surface area contributed by atoms with E-state index in [1.807, 2.05) is 0 Å². The van der Waals surface area contributed by atoms with Gasteiger partial charge in [0.25, 0.3) is 5.56 Å². The lowest BCUT2D eigenvalue weighted by atomic mass is 10.2. The number of H-pyrrole nitrogens is 1. The highest BCUT2D eigenvalue weighted by molar-refractivity contribution is 9.11. The van der Waals surface area contributed by atoms with Gasteiger partial charge < -0.3 is 19.3 Å². The van der Waals surface area contributed by atoms with Crippen molar-refractivity contribution in [3.05, 3.63) is 37.6 Å². The highest BCUT2D eigenvalue weighted by Crippen LogP contribution is 2.32. The second-order valence-corrected chi connectivity index (χ2v) is 6.24. The Balaban J connectivity index is 1.81. The molecular formula is C15H19BrN2O6. The quantitative estimate of drug-likeness (QED) is 0.751. The second kappa shape index (κ2) is 7.75. The van der Waals surface area contributed by atoms with Crippen LogP contribution in [0.15, 0.2) is 20.8 Å². The Labute approximate surface area is 146 Å². The van der Waals surface area contributed by atoms with Crippen molar-refractivity contribution < 1.29 is 19.3 Å². The monoisotopic (exact) mass is 402 g/mol. The molecule has 0 saturated carbocycles. The summed E-state index contributed by atoms with van der Waals surface area (Å²) in [6, 6.07) is 0. The van der Waals surface area contributed by atoms with Gasteiger partial charge in [0, 0.05) is 25.6 Å². The van der Waals surface area contributed by atoms with E-state index in [-0.39, 0.29) is 19.0 Å². The summed E-state index contributed by atoms with van der Waals surface area (Å²) in [4.78, 5) is 27.6. The number of nitrogens with one attached hydrogen (secondary N) is 1. The fraction of sp³-hybridized carbons (Fsp3) is 0.600. The second-order valence-electron chi connectivity index (χ2n) is 5.71. The number of aliphatic hydroxyl groups excluding tert-OH is 1. The first kappa shape index (κ1) is 17.6. The average Bonchev–Trinajstić information content (AvgIpc) is 3.20. The van der Waals surface area contributed by atoms with Crippen LogP contribution in [0.4, 0.5) is 0 Å². The summed E-state index contributed by atoms with van der Waals surface area (Å²) in [5.41, 5.74) is -0.721. The van der Waals surface area contributed by atoms with Crippen LogP contribution in [0.1, 0.15) is 31.1 Å². The number of rotatable bonds is 5. The number of aliphatic hydroxyl groups is 1. The first-order valence-corrected chi connectivity index (χ1v) is 8.69. The highest BCUT2D eigenvalue weighted by atomic mass is 79.9. The molecular weight excluding hydrogens is 384 g/mol. The molecule has 2 aliphatic rings. The van der Waals surface area contributed by atoms with Gasteiger partial charge in [-0.1, -0.05) is 15.9 Å². The maximum absolute atomic E-state index is 12.1. The Bertz CT molecular complexity index is 709. The lowest BCUT2D eigenvalue weighted by Gasteiger charge is -2.20. The van der Waals surface area contributed by atoms with E-state index in [1.54, 1.807) is 0 Å². The summed E-state index contributed by atoms with van der Waals surface area (Å²) in [7, 11) is 0. The number of aromatic nitrogens is 2. The highest BCUT2D eigenvalue weighted by Gasteiger charge is 2.39. The molecule has 1 unspecified atom stereocenters. The molecule has 3 rings (SSSR count). The molecule has 2 aliphatic heterocycles. The Hall–Kier alpha value is -1.26. The third kappa shape index (κ3) is 3.70. The Morgan fingerprint density at radius 2 is 2.33 bits per heavy atom. The van der Waals surface area contributed by atoms with Crippen LogP contribution in [-0.2, 0) is 14.2 Å². The number of nitrogens with zero attached hydrogens (tertiary/aromatic N) is 1.